The van der Waals surface area contributed by atoms with Crippen molar-refractivity contribution in [3.63, 3.8) is 0 Å². The highest BCUT2D eigenvalue weighted by Gasteiger charge is 2.60. The molecule has 3 heterocycles. The number of morpholine rings is 1. The number of hydrogen-bond acceptors (Lipinski definition) is 6. The van der Waals surface area contributed by atoms with E-state index in [2.05, 4.69) is 34.2 Å². The highest BCUT2D eigenvalue weighted by Crippen LogP contribution is 2.51. The third-order valence-corrected chi connectivity index (χ3v) is 11.3. The van der Waals surface area contributed by atoms with Crippen LogP contribution in [0.3, 0.4) is 0 Å². The Hall–Kier alpha value is -2.29. The highest BCUT2D eigenvalue weighted by molar-refractivity contribution is 6.20. The molecular formula is C33H45FN4O3. The molecule has 3 aliphatic carbocycles. The van der Waals surface area contributed by atoms with E-state index in [0.717, 1.165) is 31.4 Å². The Bertz CT molecular complexity index is 1180. The van der Waals surface area contributed by atoms with Gasteiger partial charge in [-0.25, -0.2) is 4.39 Å². The molecule has 11 atom stereocenters. The third kappa shape index (κ3) is 4.94. The van der Waals surface area contributed by atoms with Gasteiger partial charge in [0.2, 0.25) is 0 Å². The summed E-state index contributed by atoms with van der Waals surface area (Å²) in [6.07, 6.45) is 8.28. The molecule has 0 radical (unpaired) electrons. The Labute approximate surface area is 243 Å². The molecule has 7 rings (SSSR count). The number of nitrogens with one attached hydrogen (secondary N) is 1. The molecule has 5 fully saturated rings. The van der Waals surface area contributed by atoms with Gasteiger partial charge in [-0.2, -0.15) is 0 Å². The van der Waals surface area contributed by atoms with Gasteiger partial charge in [-0.15, -0.1) is 0 Å². The van der Waals surface area contributed by atoms with Crippen LogP contribution in [0.15, 0.2) is 42.1 Å². The van der Waals surface area contributed by atoms with E-state index >= 15 is 4.39 Å². The number of alkyl halides is 1. The summed E-state index contributed by atoms with van der Waals surface area (Å²) < 4.78 is 23.1. The summed E-state index contributed by atoms with van der Waals surface area (Å²) in [6.45, 7) is 3.94. The normalized spacial score (nSPS) is 41.1. The molecule has 3 N–H and O–H groups in total. The number of carbonyl (C=O) groups excluding carboxylic acids is 2. The molecular weight excluding hydrogens is 519 g/mol. The first-order chi connectivity index (χ1) is 19.9. The number of carbonyl (C=O) groups is 2. The molecule has 0 spiro atoms. The van der Waals surface area contributed by atoms with E-state index in [1.54, 1.807) is 0 Å². The van der Waals surface area contributed by atoms with E-state index in [1.807, 2.05) is 24.4 Å². The van der Waals surface area contributed by atoms with Gasteiger partial charge in [0.05, 0.1) is 35.9 Å². The van der Waals surface area contributed by atoms with Crippen molar-refractivity contribution in [1.82, 2.24) is 15.1 Å². The Morgan fingerprint density at radius 1 is 1.10 bits per heavy atom. The first-order valence-electron chi connectivity index (χ1n) is 16.0. The molecule has 1 aromatic rings. The smallest absolute Gasteiger partial charge is 0.256 e. The molecule has 1 aromatic carbocycles. The average molecular weight is 565 g/mol. The summed E-state index contributed by atoms with van der Waals surface area (Å²) in [5.74, 6) is 0.272. The van der Waals surface area contributed by atoms with E-state index in [0.29, 0.717) is 24.9 Å². The number of Topliss-reactive ketones (excluding diaryl/α,β-unsaturated/α-hetero) is 1. The van der Waals surface area contributed by atoms with Crippen LogP contribution in [0, 0.1) is 17.8 Å². The zero-order valence-corrected chi connectivity index (χ0v) is 24.2. The number of benzene rings is 1. The minimum absolute atomic E-state index is 0.00723. The second kappa shape index (κ2) is 11.1. The largest absolute Gasteiger partial charge is 0.369 e. The average Bonchev–Trinajstić information content (AvgIpc) is 3.41. The topological polar surface area (TPSA) is 87.9 Å². The highest BCUT2D eigenvalue weighted by atomic mass is 19.1. The molecule has 3 saturated carbocycles. The molecule has 8 heteroatoms. The minimum atomic E-state index is -1.19. The van der Waals surface area contributed by atoms with Gasteiger partial charge < -0.3 is 20.7 Å². The van der Waals surface area contributed by atoms with Gasteiger partial charge in [-0.1, -0.05) is 62.9 Å². The Morgan fingerprint density at radius 3 is 2.59 bits per heavy atom. The van der Waals surface area contributed by atoms with Gasteiger partial charge in [0.15, 0.2) is 5.78 Å². The van der Waals surface area contributed by atoms with E-state index in [1.165, 1.54) is 25.7 Å². The summed E-state index contributed by atoms with van der Waals surface area (Å²) in [5.41, 5.74) is 7.58. The predicted molar refractivity (Wildman–Crippen MR) is 155 cm³/mol. The van der Waals surface area contributed by atoms with Gasteiger partial charge in [0.25, 0.3) is 5.91 Å². The van der Waals surface area contributed by atoms with Crippen LogP contribution in [0.5, 0.6) is 0 Å². The molecule has 1 amide bonds. The van der Waals surface area contributed by atoms with Crippen LogP contribution in [0.4, 0.5) is 4.39 Å². The number of fused-ring (bicyclic) bond motifs is 3. The molecule has 0 aromatic heterocycles. The van der Waals surface area contributed by atoms with Crippen LogP contribution >= 0.6 is 0 Å². The zero-order valence-electron chi connectivity index (χ0n) is 24.2. The van der Waals surface area contributed by atoms with Crippen LogP contribution < -0.4 is 11.1 Å². The van der Waals surface area contributed by atoms with Crippen molar-refractivity contribution in [2.75, 3.05) is 19.6 Å². The van der Waals surface area contributed by atoms with Gasteiger partial charge in [-0.05, 0) is 49.0 Å². The number of hydrogen-bond donors (Lipinski definition) is 2. The molecule has 7 nitrogen and oxygen atoms in total. The zero-order chi connectivity index (χ0) is 28.2. The lowest BCUT2D eigenvalue weighted by Gasteiger charge is -2.61. The molecule has 3 aliphatic heterocycles. The van der Waals surface area contributed by atoms with Crippen LogP contribution in [0.1, 0.15) is 69.8 Å². The number of amides is 1. The number of likely N-dealkylation sites (tertiary alicyclic amines) is 1. The molecule has 0 bridgehead atoms. The number of halogens is 1. The maximum absolute atomic E-state index is 16.2. The lowest BCUT2D eigenvalue weighted by atomic mass is 9.64. The van der Waals surface area contributed by atoms with E-state index in [4.69, 9.17) is 10.5 Å². The van der Waals surface area contributed by atoms with Crippen LogP contribution in [0.25, 0.3) is 0 Å². The van der Waals surface area contributed by atoms with E-state index in [-0.39, 0.29) is 53.8 Å². The number of ketones is 1. The quantitative estimate of drug-likeness (QED) is 0.532. The van der Waals surface area contributed by atoms with Crippen LogP contribution in [-0.4, -0.2) is 83.7 Å². The molecule has 2 saturated heterocycles. The number of nitrogens with zero attached hydrogens (tertiary/aromatic N) is 2. The fourth-order valence-electron chi connectivity index (χ4n) is 9.19. The summed E-state index contributed by atoms with van der Waals surface area (Å²) in [5, 5.41) is 3.04. The summed E-state index contributed by atoms with van der Waals surface area (Å²) in [6, 6.07) is 9.59. The fourth-order valence-corrected chi connectivity index (χ4v) is 9.19. The molecule has 41 heavy (non-hydrogen) atoms. The Kier molecular flexibility index (Phi) is 7.44. The summed E-state index contributed by atoms with van der Waals surface area (Å²) in [4.78, 5) is 32.0. The van der Waals surface area contributed by atoms with Crippen molar-refractivity contribution in [1.29, 1.82) is 0 Å². The van der Waals surface area contributed by atoms with Crippen molar-refractivity contribution >= 4 is 11.7 Å². The first-order valence-corrected chi connectivity index (χ1v) is 16.0. The monoisotopic (exact) mass is 564 g/mol. The van der Waals surface area contributed by atoms with Crippen molar-refractivity contribution in [2.45, 2.75) is 107 Å². The third-order valence-electron chi connectivity index (χ3n) is 11.3. The molecule has 11 unspecified atom stereocenters. The SMILES string of the molecule is CC(CNC(=O)C1=CN2C3CC4CCCCC4CC3OC3C(N4CCC(N)C4)C(F)CC(C1=O)C32)c1ccccc1. The lowest BCUT2D eigenvalue weighted by molar-refractivity contribution is -0.219. The second-order valence-electron chi connectivity index (χ2n) is 13.7. The van der Waals surface area contributed by atoms with E-state index in [9.17, 15) is 9.59 Å². The minimum Gasteiger partial charge on any atom is -0.369 e. The maximum Gasteiger partial charge on any atom is 0.256 e. The van der Waals surface area contributed by atoms with Crippen molar-refractivity contribution in [3.05, 3.63) is 47.7 Å². The maximum atomic E-state index is 16.2. The van der Waals surface area contributed by atoms with Gasteiger partial charge in [0.1, 0.15) is 6.17 Å². The van der Waals surface area contributed by atoms with Crippen molar-refractivity contribution in [2.24, 2.45) is 23.5 Å². The number of nitrogens with two attached hydrogens (primary N) is 1. The van der Waals surface area contributed by atoms with Gasteiger partial charge in [0, 0.05) is 37.8 Å². The summed E-state index contributed by atoms with van der Waals surface area (Å²) >= 11 is 0. The molecule has 222 valence electrons. The van der Waals surface area contributed by atoms with Gasteiger partial charge in [-0.3, -0.25) is 14.5 Å². The summed E-state index contributed by atoms with van der Waals surface area (Å²) in [7, 11) is 0. The second-order valence-corrected chi connectivity index (χ2v) is 13.7. The van der Waals surface area contributed by atoms with Gasteiger partial charge >= 0.3 is 0 Å². The predicted octanol–water partition coefficient (Wildman–Crippen LogP) is 3.54. The van der Waals surface area contributed by atoms with Crippen LogP contribution in [-0.2, 0) is 14.3 Å². The van der Waals surface area contributed by atoms with Crippen LogP contribution in [0.2, 0.25) is 0 Å². The van der Waals surface area contributed by atoms with Crippen molar-refractivity contribution < 1.29 is 18.7 Å². The fraction of sp³-hybridized carbons (Fsp3) is 0.697. The number of ether oxygens (including phenoxy) is 1. The number of rotatable bonds is 5. The first kappa shape index (κ1) is 27.5. The van der Waals surface area contributed by atoms with Crippen molar-refractivity contribution in [3.8, 4) is 0 Å². The Morgan fingerprint density at radius 2 is 1.85 bits per heavy atom. The Balaban J connectivity index is 1.19. The molecule has 6 aliphatic rings. The van der Waals surface area contributed by atoms with E-state index < -0.39 is 24.2 Å². The lowest BCUT2D eigenvalue weighted by Crippen LogP contribution is -2.73. The standard InChI is InChI=1S/C33H45FN4O3/c1-19(20-7-3-2-4-8-20)16-36-33(40)25-18-38-27-13-21-9-5-6-10-22(21)14-28(27)41-32-29(38)24(31(25)39)15-26(34)30(32)37-12-11-23(35)17-37/h2-4,7-8,18-19,21-24,26-30,32H,5-6,9-17,35H2,1H3,(H,36,40).